The van der Waals surface area contributed by atoms with E-state index in [0.717, 1.165) is 103 Å². The molecule has 0 unspecified atom stereocenters. The van der Waals surface area contributed by atoms with Gasteiger partial charge >= 0.3 is 5.97 Å². The van der Waals surface area contributed by atoms with Crippen molar-refractivity contribution in [3.05, 3.63) is 105 Å². The molecule has 0 bridgehead atoms. The highest BCUT2D eigenvalue weighted by Crippen LogP contribution is 2.17. The zero-order chi connectivity index (χ0) is 36.2. The second-order valence-electron chi connectivity index (χ2n) is 14.1. The quantitative estimate of drug-likeness (QED) is 0.0717. The van der Waals surface area contributed by atoms with Gasteiger partial charge in [-0.1, -0.05) is 99.3 Å². The average Bonchev–Trinajstić information content (AvgIpc) is 3.01. The normalized spacial score (nSPS) is 15.1. The van der Waals surface area contributed by atoms with E-state index in [9.17, 15) is 4.79 Å². The summed E-state index contributed by atoms with van der Waals surface area (Å²) in [6.45, 7) is 19.6. The maximum Gasteiger partial charge on any atom is 0.330 e. The van der Waals surface area contributed by atoms with Crippen molar-refractivity contribution in [1.29, 1.82) is 0 Å². The number of hydrogen-bond donors (Lipinski definition) is 2. The molecule has 0 aliphatic carbocycles. The first-order chi connectivity index (χ1) is 22.8. The first-order valence-corrected chi connectivity index (χ1v) is 18.6. The summed E-state index contributed by atoms with van der Waals surface area (Å²) in [7, 11) is 0. The molecule has 0 saturated carbocycles. The molecule has 0 aliphatic rings. The lowest BCUT2D eigenvalue weighted by molar-refractivity contribution is -0.132. The first-order valence-electron chi connectivity index (χ1n) is 18.6. The number of hydrogen-bond acceptors (Lipinski definition) is 2. The Hall–Kier alpha value is -2.91. The van der Waals surface area contributed by atoms with E-state index < -0.39 is 5.97 Å². The van der Waals surface area contributed by atoms with Crippen LogP contribution in [0.4, 0.5) is 0 Å². The van der Waals surface area contributed by atoms with Crippen molar-refractivity contribution in [3.8, 4) is 0 Å². The van der Waals surface area contributed by atoms with Gasteiger partial charge in [0.2, 0.25) is 0 Å². The molecule has 270 valence electrons. The Bertz CT molecular complexity index is 1210. The standard InChI is InChI=1S/C45H72O3/c1-36(18-10-19-37(2)22-12-23-39(4)26-14-27-41(6)30-16-31-43(8)34-35-46)20-11-21-38(3)24-13-25-40(5)28-15-29-42(7)32-17-33-44(9)45(47)48/h18,21-22,25-26,29-30,33-34,46H,10-17,19-20,23-24,27-28,31-32,35H2,1-9H3,(H,47,48)/b36-18-,37-22-,38-21-,39-26-,40-25+,41-30-,42-29+,43-34-,44-33+. The van der Waals surface area contributed by atoms with E-state index in [2.05, 4.69) is 97.9 Å². The molecule has 0 amide bonds. The molecule has 0 spiro atoms. The van der Waals surface area contributed by atoms with Crippen LogP contribution in [-0.2, 0) is 4.79 Å². The SMILES string of the molecule is C/C(=C/CO)CC/C=C(/C)CC/C=C(/C)CC/C=C(/C)CC/C=C(/C)CC/C=C(/C)CC/C=C(\C)CC/C=C(\C)CC/C=C(\C)C(=O)O. The molecule has 0 radical (unpaired) electrons. The number of aliphatic hydroxyl groups is 1. The lowest BCUT2D eigenvalue weighted by atomic mass is 10.0. The fraction of sp³-hybridized carbons (Fsp3) is 0.578. The van der Waals surface area contributed by atoms with Gasteiger partial charge < -0.3 is 10.2 Å². The number of aliphatic carboxylic acids is 1. The van der Waals surface area contributed by atoms with E-state index in [1.165, 1.54) is 44.6 Å². The minimum Gasteiger partial charge on any atom is -0.478 e. The van der Waals surface area contributed by atoms with Gasteiger partial charge in [0.25, 0.3) is 0 Å². The van der Waals surface area contributed by atoms with Gasteiger partial charge in [0.05, 0.1) is 6.61 Å². The van der Waals surface area contributed by atoms with Gasteiger partial charge in [-0.2, -0.15) is 0 Å². The van der Waals surface area contributed by atoms with Gasteiger partial charge in [-0.25, -0.2) is 4.79 Å². The molecule has 0 aromatic rings. The Morgan fingerprint density at radius 2 is 0.542 bits per heavy atom. The lowest BCUT2D eigenvalue weighted by Crippen LogP contribution is -1.95. The Labute approximate surface area is 296 Å². The number of carbonyl (C=O) groups is 1. The summed E-state index contributed by atoms with van der Waals surface area (Å²) in [5.74, 6) is -0.827. The van der Waals surface area contributed by atoms with Crippen LogP contribution in [-0.4, -0.2) is 22.8 Å². The monoisotopic (exact) mass is 661 g/mol. The van der Waals surface area contributed by atoms with Crippen molar-refractivity contribution < 1.29 is 15.0 Å². The van der Waals surface area contributed by atoms with E-state index in [-0.39, 0.29) is 6.61 Å². The van der Waals surface area contributed by atoms with Gasteiger partial charge in [-0.05, 0) is 165 Å². The summed E-state index contributed by atoms with van der Waals surface area (Å²) in [5, 5.41) is 17.9. The lowest BCUT2D eigenvalue weighted by Gasteiger charge is -2.04. The maximum atomic E-state index is 10.9. The fourth-order valence-electron chi connectivity index (χ4n) is 5.40. The van der Waals surface area contributed by atoms with Crippen LogP contribution in [0, 0.1) is 0 Å². The minimum absolute atomic E-state index is 0.143. The molecule has 2 N–H and O–H groups in total. The number of carboxylic acids is 1. The molecule has 0 aliphatic heterocycles. The van der Waals surface area contributed by atoms with Crippen molar-refractivity contribution >= 4 is 5.97 Å². The van der Waals surface area contributed by atoms with Crippen LogP contribution in [0.25, 0.3) is 0 Å². The summed E-state index contributed by atoms with van der Waals surface area (Å²) in [4.78, 5) is 10.9. The van der Waals surface area contributed by atoms with Crippen LogP contribution in [0.5, 0.6) is 0 Å². The molecular formula is C45H72O3. The summed E-state index contributed by atoms with van der Waals surface area (Å²) >= 11 is 0. The molecule has 0 heterocycles. The van der Waals surface area contributed by atoms with Crippen LogP contribution in [0.1, 0.15) is 165 Å². The second-order valence-corrected chi connectivity index (χ2v) is 14.1. The van der Waals surface area contributed by atoms with Gasteiger partial charge in [0, 0.05) is 5.57 Å². The Morgan fingerprint density at radius 3 is 0.729 bits per heavy atom. The number of carboxylic acid groups (broad SMARTS) is 1. The van der Waals surface area contributed by atoms with E-state index in [4.69, 9.17) is 10.2 Å². The topological polar surface area (TPSA) is 57.5 Å². The van der Waals surface area contributed by atoms with E-state index in [1.54, 1.807) is 6.92 Å². The Balaban J connectivity index is 4.24. The smallest absolute Gasteiger partial charge is 0.330 e. The third-order valence-corrected chi connectivity index (χ3v) is 8.99. The van der Waals surface area contributed by atoms with Gasteiger partial charge in [0.1, 0.15) is 0 Å². The highest BCUT2D eigenvalue weighted by atomic mass is 16.4. The van der Waals surface area contributed by atoms with Crippen molar-refractivity contribution in [3.63, 3.8) is 0 Å². The average molecular weight is 661 g/mol. The zero-order valence-corrected chi connectivity index (χ0v) is 32.5. The summed E-state index contributed by atoms with van der Waals surface area (Å²) in [5.41, 5.74) is 11.9. The number of rotatable bonds is 26. The zero-order valence-electron chi connectivity index (χ0n) is 32.5. The molecule has 48 heavy (non-hydrogen) atoms. The van der Waals surface area contributed by atoms with Gasteiger partial charge in [-0.3, -0.25) is 0 Å². The predicted octanol–water partition coefficient (Wildman–Crippen LogP) is 13.8. The van der Waals surface area contributed by atoms with Crippen LogP contribution in [0.2, 0.25) is 0 Å². The summed E-state index contributed by atoms with van der Waals surface area (Å²) < 4.78 is 0. The van der Waals surface area contributed by atoms with Crippen LogP contribution in [0.15, 0.2) is 105 Å². The molecule has 0 fully saturated rings. The van der Waals surface area contributed by atoms with Crippen LogP contribution >= 0.6 is 0 Å². The second kappa shape index (κ2) is 29.0. The fourth-order valence-corrected chi connectivity index (χ4v) is 5.40. The van der Waals surface area contributed by atoms with E-state index in [1.807, 2.05) is 12.2 Å². The largest absolute Gasteiger partial charge is 0.478 e. The number of aliphatic hydroxyl groups excluding tert-OH is 1. The molecule has 3 nitrogen and oxygen atoms in total. The predicted molar refractivity (Wildman–Crippen MR) is 212 cm³/mol. The molecule has 0 aromatic heterocycles. The van der Waals surface area contributed by atoms with Crippen LogP contribution in [0.3, 0.4) is 0 Å². The van der Waals surface area contributed by atoms with Crippen molar-refractivity contribution in [2.75, 3.05) is 6.61 Å². The van der Waals surface area contributed by atoms with Gasteiger partial charge in [-0.15, -0.1) is 0 Å². The van der Waals surface area contributed by atoms with Crippen molar-refractivity contribution in [2.24, 2.45) is 0 Å². The Kier molecular flexibility index (Phi) is 27.3. The molecule has 0 atom stereocenters. The number of allylic oxidation sites excluding steroid dienone is 16. The molecule has 0 aromatic carbocycles. The van der Waals surface area contributed by atoms with Crippen molar-refractivity contribution in [1.82, 2.24) is 0 Å². The van der Waals surface area contributed by atoms with E-state index in [0.29, 0.717) is 5.57 Å². The third-order valence-electron chi connectivity index (χ3n) is 8.99. The van der Waals surface area contributed by atoms with E-state index >= 15 is 0 Å². The Morgan fingerprint density at radius 1 is 0.354 bits per heavy atom. The van der Waals surface area contributed by atoms with Gasteiger partial charge in [0.15, 0.2) is 0 Å². The summed E-state index contributed by atoms with van der Waals surface area (Å²) in [6.07, 6.45) is 37.7. The maximum absolute atomic E-state index is 10.9. The molecular weight excluding hydrogens is 588 g/mol. The highest BCUT2D eigenvalue weighted by Gasteiger charge is 1.99. The molecule has 3 heteroatoms. The minimum atomic E-state index is -0.827. The molecule has 0 saturated heterocycles. The van der Waals surface area contributed by atoms with Crippen molar-refractivity contribution in [2.45, 2.75) is 165 Å². The first kappa shape index (κ1) is 45.1. The third kappa shape index (κ3) is 28.1. The highest BCUT2D eigenvalue weighted by molar-refractivity contribution is 5.85. The van der Waals surface area contributed by atoms with Crippen LogP contribution < -0.4 is 0 Å². The molecule has 0 rings (SSSR count). The summed E-state index contributed by atoms with van der Waals surface area (Å²) in [6, 6.07) is 0.